The molecule has 32 heavy (non-hydrogen) atoms. The molecule has 0 fully saturated rings. The van der Waals surface area contributed by atoms with Crippen LogP contribution in [0.1, 0.15) is 39.5 Å². The van der Waals surface area contributed by atoms with Crippen molar-refractivity contribution in [3.63, 3.8) is 0 Å². The first-order valence-electron chi connectivity index (χ1n) is 10.8. The number of nitrogens with zero attached hydrogens (tertiary/aromatic N) is 2. The van der Waals surface area contributed by atoms with Gasteiger partial charge in [0.2, 0.25) is 0 Å². The topological polar surface area (TPSA) is 56.1 Å². The third-order valence-corrected chi connectivity index (χ3v) is 5.28. The summed E-state index contributed by atoms with van der Waals surface area (Å²) >= 11 is 0. The van der Waals surface area contributed by atoms with Crippen molar-refractivity contribution in [3.8, 4) is 5.75 Å². The number of anilines is 1. The zero-order chi connectivity index (χ0) is 22.3. The molecule has 1 heterocycles. The molecule has 0 unspecified atom stereocenters. The van der Waals surface area contributed by atoms with E-state index in [2.05, 4.69) is 60.7 Å². The normalized spacial score (nSPS) is 10.7. The Balaban J connectivity index is 1.35. The monoisotopic (exact) mass is 425 g/mol. The Morgan fingerprint density at radius 1 is 0.969 bits per heavy atom. The molecular formula is C27H27N3O2. The molecule has 0 aliphatic carbocycles. The Bertz CT molecular complexity index is 1180. The van der Waals surface area contributed by atoms with Crippen molar-refractivity contribution in [2.24, 2.45) is 0 Å². The standard InChI is InChI=1S/C27H27N3O2/c1-3-21-11-13-26(14-12-21)32-19-23-5-4-6-24(15-23)27(31)29-25-16-28-30(18-25)17-22-9-7-20(2)8-10-22/h4-16,18H,3,17,19H2,1-2H3,(H,29,31). The van der Waals surface area contributed by atoms with Crippen LogP contribution < -0.4 is 10.1 Å². The van der Waals surface area contributed by atoms with Gasteiger partial charge in [-0.05, 0) is 54.3 Å². The fourth-order valence-corrected chi connectivity index (χ4v) is 3.39. The van der Waals surface area contributed by atoms with Crippen LogP contribution in [0.2, 0.25) is 0 Å². The van der Waals surface area contributed by atoms with Gasteiger partial charge in [0.1, 0.15) is 12.4 Å². The fraction of sp³-hybridized carbons (Fsp3) is 0.185. The third kappa shape index (κ3) is 5.64. The molecule has 0 bridgehead atoms. The molecule has 4 aromatic rings. The summed E-state index contributed by atoms with van der Waals surface area (Å²) in [6.07, 6.45) is 4.51. The highest BCUT2D eigenvalue weighted by Crippen LogP contribution is 2.16. The van der Waals surface area contributed by atoms with Gasteiger partial charge in [0, 0.05) is 11.8 Å². The van der Waals surface area contributed by atoms with Crippen molar-refractivity contribution >= 4 is 11.6 Å². The van der Waals surface area contributed by atoms with Crippen LogP contribution in [-0.2, 0) is 19.6 Å². The molecule has 0 atom stereocenters. The minimum Gasteiger partial charge on any atom is -0.489 e. The van der Waals surface area contributed by atoms with Crippen molar-refractivity contribution in [2.75, 3.05) is 5.32 Å². The van der Waals surface area contributed by atoms with E-state index in [9.17, 15) is 4.79 Å². The number of carbonyl (C=O) groups excluding carboxylic acids is 1. The van der Waals surface area contributed by atoms with Gasteiger partial charge in [0.05, 0.1) is 18.4 Å². The van der Waals surface area contributed by atoms with E-state index in [0.717, 1.165) is 23.3 Å². The van der Waals surface area contributed by atoms with Gasteiger partial charge in [0.25, 0.3) is 5.91 Å². The highest BCUT2D eigenvalue weighted by Gasteiger charge is 2.09. The number of aryl methyl sites for hydroxylation is 2. The van der Waals surface area contributed by atoms with Crippen LogP contribution in [0.3, 0.4) is 0 Å². The number of hydrogen-bond donors (Lipinski definition) is 1. The molecule has 0 radical (unpaired) electrons. The summed E-state index contributed by atoms with van der Waals surface area (Å²) in [6, 6.07) is 23.9. The predicted octanol–water partition coefficient (Wildman–Crippen LogP) is 5.63. The van der Waals surface area contributed by atoms with Crippen LogP contribution in [0.15, 0.2) is 85.2 Å². The van der Waals surface area contributed by atoms with Crippen molar-refractivity contribution in [3.05, 3.63) is 113 Å². The molecule has 4 rings (SSSR count). The second-order valence-corrected chi connectivity index (χ2v) is 7.85. The van der Waals surface area contributed by atoms with E-state index in [-0.39, 0.29) is 5.91 Å². The van der Waals surface area contributed by atoms with Crippen LogP contribution in [0.25, 0.3) is 0 Å². The fourth-order valence-electron chi connectivity index (χ4n) is 3.39. The largest absolute Gasteiger partial charge is 0.489 e. The lowest BCUT2D eigenvalue weighted by molar-refractivity contribution is 0.102. The van der Waals surface area contributed by atoms with Crippen molar-refractivity contribution in [2.45, 2.75) is 33.4 Å². The molecule has 3 aromatic carbocycles. The molecule has 0 spiro atoms. The summed E-state index contributed by atoms with van der Waals surface area (Å²) in [4.78, 5) is 12.7. The second-order valence-electron chi connectivity index (χ2n) is 7.85. The number of rotatable bonds is 8. The molecule has 0 saturated carbocycles. The van der Waals surface area contributed by atoms with Crippen LogP contribution in [0.4, 0.5) is 5.69 Å². The van der Waals surface area contributed by atoms with E-state index in [0.29, 0.717) is 24.4 Å². The Morgan fingerprint density at radius 2 is 1.72 bits per heavy atom. The summed E-state index contributed by atoms with van der Waals surface area (Å²) in [5, 5.41) is 7.28. The van der Waals surface area contributed by atoms with Gasteiger partial charge >= 0.3 is 0 Å². The van der Waals surface area contributed by atoms with E-state index in [1.165, 1.54) is 11.1 Å². The number of hydrogen-bond acceptors (Lipinski definition) is 3. The van der Waals surface area contributed by atoms with E-state index in [1.807, 2.05) is 41.2 Å². The third-order valence-electron chi connectivity index (χ3n) is 5.28. The Morgan fingerprint density at radius 3 is 2.47 bits per heavy atom. The molecule has 162 valence electrons. The Labute approximate surface area is 188 Å². The Hall–Kier alpha value is -3.86. The molecule has 1 N–H and O–H groups in total. The van der Waals surface area contributed by atoms with Gasteiger partial charge in [-0.25, -0.2) is 0 Å². The second kappa shape index (κ2) is 9.96. The molecular weight excluding hydrogens is 398 g/mol. The first kappa shape index (κ1) is 21.4. The van der Waals surface area contributed by atoms with Gasteiger partial charge < -0.3 is 10.1 Å². The molecule has 0 saturated heterocycles. The summed E-state index contributed by atoms with van der Waals surface area (Å²) < 4.78 is 7.68. The van der Waals surface area contributed by atoms with E-state index in [4.69, 9.17) is 4.74 Å². The Kier molecular flexibility index (Phi) is 6.66. The van der Waals surface area contributed by atoms with Crippen LogP contribution >= 0.6 is 0 Å². The lowest BCUT2D eigenvalue weighted by Gasteiger charge is -2.09. The van der Waals surface area contributed by atoms with Crippen LogP contribution in [0.5, 0.6) is 5.75 Å². The maximum absolute atomic E-state index is 12.7. The van der Waals surface area contributed by atoms with Crippen LogP contribution in [-0.4, -0.2) is 15.7 Å². The average Bonchev–Trinajstić information content (AvgIpc) is 3.26. The SMILES string of the molecule is CCc1ccc(OCc2cccc(C(=O)Nc3cnn(Cc4ccc(C)cc4)c3)c2)cc1. The predicted molar refractivity (Wildman–Crippen MR) is 127 cm³/mol. The zero-order valence-corrected chi connectivity index (χ0v) is 18.4. The van der Waals surface area contributed by atoms with Gasteiger partial charge in [-0.3, -0.25) is 9.48 Å². The summed E-state index contributed by atoms with van der Waals surface area (Å²) in [7, 11) is 0. The number of benzene rings is 3. The number of amides is 1. The van der Waals surface area contributed by atoms with Crippen LogP contribution in [0, 0.1) is 6.92 Å². The lowest BCUT2D eigenvalue weighted by atomic mass is 10.1. The highest BCUT2D eigenvalue weighted by atomic mass is 16.5. The average molecular weight is 426 g/mol. The van der Waals surface area contributed by atoms with Crippen molar-refractivity contribution in [1.29, 1.82) is 0 Å². The van der Waals surface area contributed by atoms with E-state index >= 15 is 0 Å². The smallest absolute Gasteiger partial charge is 0.255 e. The number of carbonyl (C=O) groups is 1. The number of aromatic nitrogens is 2. The minimum atomic E-state index is -0.172. The molecule has 0 aliphatic rings. The van der Waals surface area contributed by atoms with Crippen molar-refractivity contribution < 1.29 is 9.53 Å². The van der Waals surface area contributed by atoms with Gasteiger partial charge in [-0.2, -0.15) is 5.10 Å². The summed E-state index contributed by atoms with van der Waals surface area (Å²) in [6.45, 7) is 5.25. The van der Waals surface area contributed by atoms with E-state index in [1.54, 1.807) is 12.3 Å². The van der Waals surface area contributed by atoms with Gasteiger partial charge in [-0.1, -0.05) is 61.0 Å². The minimum absolute atomic E-state index is 0.172. The highest BCUT2D eigenvalue weighted by molar-refractivity contribution is 6.04. The first-order chi connectivity index (χ1) is 15.6. The summed E-state index contributed by atoms with van der Waals surface area (Å²) in [5.74, 6) is 0.645. The van der Waals surface area contributed by atoms with E-state index < -0.39 is 0 Å². The molecule has 0 aliphatic heterocycles. The quantitative estimate of drug-likeness (QED) is 0.398. The van der Waals surface area contributed by atoms with Gasteiger partial charge in [0.15, 0.2) is 0 Å². The van der Waals surface area contributed by atoms with Gasteiger partial charge in [-0.15, -0.1) is 0 Å². The number of nitrogens with one attached hydrogen (secondary N) is 1. The van der Waals surface area contributed by atoms with Crippen molar-refractivity contribution in [1.82, 2.24) is 9.78 Å². The lowest BCUT2D eigenvalue weighted by Crippen LogP contribution is -2.12. The molecule has 5 nitrogen and oxygen atoms in total. The number of ether oxygens (including phenoxy) is 1. The summed E-state index contributed by atoms with van der Waals surface area (Å²) in [5.41, 5.74) is 5.85. The molecule has 1 aromatic heterocycles. The zero-order valence-electron chi connectivity index (χ0n) is 18.4. The maximum atomic E-state index is 12.7. The molecule has 5 heteroatoms. The molecule has 1 amide bonds. The maximum Gasteiger partial charge on any atom is 0.255 e. The first-order valence-corrected chi connectivity index (χ1v) is 10.8.